The van der Waals surface area contributed by atoms with E-state index in [4.69, 9.17) is 0 Å². The number of hydrogen-bond acceptors (Lipinski definition) is 4. The third-order valence-corrected chi connectivity index (χ3v) is 4.80. The van der Waals surface area contributed by atoms with Gasteiger partial charge in [0.2, 0.25) is 5.91 Å². The molecule has 0 saturated heterocycles. The standard InChI is InChI=1S/C21H21N3O3/c1-15-7-12-19(20(13-15)17-5-3-2-4-6-17)21(25)23-22-14-16-8-10-18(11-9-16)24(26)27/h2-11,14,19-20H,12-13H2,1H3,(H,23,25). The van der Waals surface area contributed by atoms with Crippen LogP contribution in [0.15, 0.2) is 71.3 Å². The zero-order valence-corrected chi connectivity index (χ0v) is 15.0. The van der Waals surface area contributed by atoms with Gasteiger partial charge in [0.1, 0.15) is 0 Å². The largest absolute Gasteiger partial charge is 0.273 e. The van der Waals surface area contributed by atoms with Gasteiger partial charge in [-0.05, 0) is 48.9 Å². The molecule has 0 bridgehead atoms. The molecule has 6 heteroatoms. The molecule has 2 unspecified atom stereocenters. The number of nitro benzene ring substituents is 1. The predicted octanol–water partition coefficient (Wildman–Crippen LogP) is 4.19. The molecule has 3 rings (SSSR count). The Kier molecular flexibility index (Phi) is 5.76. The Bertz CT molecular complexity index is 873. The van der Waals surface area contributed by atoms with Gasteiger partial charge < -0.3 is 0 Å². The maximum absolute atomic E-state index is 12.7. The smallest absolute Gasteiger partial charge is 0.269 e. The van der Waals surface area contributed by atoms with Crippen LogP contribution in [0.3, 0.4) is 0 Å². The summed E-state index contributed by atoms with van der Waals surface area (Å²) in [6, 6.07) is 16.1. The third-order valence-electron chi connectivity index (χ3n) is 4.80. The highest BCUT2D eigenvalue weighted by Gasteiger charge is 2.31. The highest BCUT2D eigenvalue weighted by Crippen LogP contribution is 2.37. The summed E-state index contributed by atoms with van der Waals surface area (Å²) in [5.41, 5.74) is 5.77. The number of hydrazone groups is 1. The highest BCUT2D eigenvalue weighted by molar-refractivity contribution is 5.84. The van der Waals surface area contributed by atoms with E-state index in [-0.39, 0.29) is 23.4 Å². The molecule has 6 nitrogen and oxygen atoms in total. The lowest BCUT2D eigenvalue weighted by Gasteiger charge is -2.29. The van der Waals surface area contributed by atoms with Gasteiger partial charge in [0.15, 0.2) is 0 Å². The summed E-state index contributed by atoms with van der Waals surface area (Å²) in [7, 11) is 0. The fourth-order valence-electron chi connectivity index (χ4n) is 3.34. The zero-order chi connectivity index (χ0) is 19.2. The van der Waals surface area contributed by atoms with Gasteiger partial charge in [-0.2, -0.15) is 5.10 Å². The van der Waals surface area contributed by atoms with E-state index in [0.717, 1.165) is 12.0 Å². The summed E-state index contributed by atoms with van der Waals surface area (Å²) < 4.78 is 0. The topological polar surface area (TPSA) is 84.6 Å². The van der Waals surface area contributed by atoms with E-state index >= 15 is 0 Å². The van der Waals surface area contributed by atoms with Crippen molar-refractivity contribution in [2.45, 2.75) is 25.7 Å². The number of carbonyl (C=O) groups is 1. The molecule has 27 heavy (non-hydrogen) atoms. The number of non-ortho nitro benzene ring substituents is 1. The van der Waals surface area contributed by atoms with Crippen molar-refractivity contribution in [1.29, 1.82) is 0 Å². The van der Waals surface area contributed by atoms with Crippen molar-refractivity contribution >= 4 is 17.8 Å². The number of hydrogen-bond donors (Lipinski definition) is 1. The van der Waals surface area contributed by atoms with Gasteiger partial charge >= 0.3 is 0 Å². The minimum absolute atomic E-state index is 0.0197. The maximum Gasteiger partial charge on any atom is 0.269 e. The lowest BCUT2D eigenvalue weighted by atomic mass is 9.75. The van der Waals surface area contributed by atoms with Crippen LogP contribution in [0.4, 0.5) is 5.69 Å². The average Bonchev–Trinajstić information content (AvgIpc) is 2.69. The molecule has 0 aromatic heterocycles. The maximum atomic E-state index is 12.7. The van der Waals surface area contributed by atoms with Gasteiger partial charge in [-0.25, -0.2) is 5.43 Å². The molecule has 0 heterocycles. The van der Waals surface area contributed by atoms with Gasteiger partial charge in [0, 0.05) is 12.1 Å². The molecule has 2 atom stereocenters. The van der Waals surface area contributed by atoms with Crippen LogP contribution in [0.1, 0.15) is 36.8 Å². The van der Waals surface area contributed by atoms with Gasteiger partial charge in [-0.15, -0.1) is 0 Å². The Morgan fingerprint density at radius 3 is 2.56 bits per heavy atom. The molecule has 1 aliphatic rings. The molecule has 0 aliphatic heterocycles. The number of nitro groups is 1. The van der Waals surface area contributed by atoms with Gasteiger partial charge in [-0.3, -0.25) is 14.9 Å². The number of amides is 1. The summed E-state index contributed by atoms with van der Waals surface area (Å²) in [5.74, 6) is -0.165. The van der Waals surface area contributed by atoms with E-state index in [1.807, 2.05) is 18.2 Å². The summed E-state index contributed by atoms with van der Waals surface area (Å²) in [5, 5.41) is 14.7. The average molecular weight is 363 g/mol. The number of nitrogens with zero attached hydrogens (tertiary/aromatic N) is 2. The van der Waals surface area contributed by atoms with Crippen molar-refractivity contribution in [2.24, 2.45) is 11.0 Å². The van der Waals surface area contributed by atoms with Crippen LogP contribution in [0.2, 0.25) is 0 Å². The molecule has 2 aromatic carbocycles. The zero-order valence-electron chi connectivity index (χ0n) is 15.0. The first-order valence-corrected chi connectivity index (χ1v) is 8.82. The summed E-state index contributed by atoms with van der Waals surface area (Å²) in [6.07, 6.45) is 5.14. The monoisotopic (exact) mass is 363 g/mol. The Morgan fingerprint density at radius 2 is 1.89 bits per heavy atom. The molecular weight excluding hydrogens is 342 g/mol. The number of benzene rings is 2. The Hall–Kier alpha value is -3.28. The Labute approximate surface area is 157 Å². The second-order valence-corrected chi connectivity index (χ2v) is 6.70. The van der Waals surface area contributed by atoms with Crippen LogP contribution in [0.25, 0.3) is 0 Å². The van der Waals surface area contributed by atoms with Crippen LogP contribution >= 0.6 is 0 Å². The predicted molar refractivity (Wildman–Crippen MR) is 104 cm³/mol. The van der Waals surface area contributed by atoms with E-state index in [9.17, 15) is 14.9 Å². The molecule has 1 N–H and O–H groups in total. The minimum atomic E-state index is -0.453. The van der Waals surface area contributed by atoms with E-state index in [2.05, 4.69) is 35.7 Å². The molecular formula is C21H21N3O3. The van der Waals surface area contributed by atoms with Crippen molar-refractivity contribution in [1.82, 2.24) is 5.43 Å². The molecule has 138 valence electrons. The first-order chi connectivity index (χ1) is 13.0. The van der Waals surface area contributed by atoms with Crippen molar-refractivity contribution in [3.8, 4) is 0 Å². The molecule has 0 saturated carbocycles. The first kappa shape index (κ1) is 18.5. The fraction of sp³-hybridized carbons (Fsp3) is 0.238. The molecule has 1 aliphatic carbocycles. The quantitative estimate of drug-likeness (QED) is 0.374. The number of nitrogens with one attached hydrogen (secondary N) is 1. The summed E-state index contributed by atoms with van der Waals surface area (Å²) in [4.78, 5) is 22.9. The lowest BCUT2D eigenvalue weighted by Crippen LogP contribution is -2.32. The summed E-state index contributed by atoms with van der Waals surface area (Å²) in [6.45, 7) is 2.09. The minimum Gasteiger partial charge on any atom is -0.273 e. The van der Waals surface area contributed by atoms with Crippen LogP contribution in [-0.4, -0.2) is 17.0 Å². The molecule has 0 spiro atoms. The normalized spacial score (nSPS) is 19.5. The third kappa shape index (κ3) is 4.67. The van der Waals surface area contributed by atoms with Crippen LogP contribution in [0.5, 0.6) is 0 Å². The lowest BCUT2D eigenvalue weighted by molar-refractivity contribution is -0.384. The Balaban J connectivity index is 1.67. The Morgan fingerprint density at radius 1 is 1.19 bits per heavy atom. The second kappa shape index (κ2) is 8.40. The van der Waals surface area contributed by atoms with Crippen molar-refractivity contribution < 1.29 is 9.72 Å². The van der Waals surface area contributed by atoms with Gasteiger partial charge in [-0.1, -0.05) is 42.0 Å². The van der Waals surface area contributed by atoms with E-state index in [1.54, 1.807) is 12.1 Å². The SMILES string of the molecule is CC1=CCC(C(=O)NN=Cc2ccc([N+](=O)[O-])cc2)C(c2ccccc2)C1. The van der Waals surface area contributed by atoms with E-state index in [0.29, 0.717) is 12.0 Å². The molecule has 0 fully saturated rings. The van der Waals surface area contributed by atoms with Crippen molar-refractivity contribution in [2.75, 3.05) is 0 Å². The van der Waals surface area contributed by atoms with E-state index < -0.39 is 4.92 Å². The van der Waals surface area contributed by atoms with Crippen molar-refractivity contribution in [3.05, 3.63) is 87.5 Å². The molecule has 2 aromatic rings. The van der Waals surface area contributed by atoms with E-state index in [1.165, 1.54) is 23.9 Å². The van der Waals surface area contributed by atoms with Crippen LogP contribution in [0, 0.1) is 16.0 Å². The van der Waals surface area contributed by atoms with Crippen LogP contribution in [-0.2, 0) is 4.79 Å². The van der Waals surface area contributed by atoms with Gasteiger partial charge in [0.25, 0.3) is 5.69 Å². The van der Waals surface area contributed by atoms with Gasteiger partial charge in [0.05, 0.1) is 17.1 Å². The molecule has 1 amide bonds. The number of rotatable bonds is 5. The fourth-order valence-corrected chi connectivity index (χ4v) is 3.34. The van der Waals surface area contributed by atoms with Crippen molar-refractivity contribution in [3.63, 3.8) is 0 Å². The summed E-state index contributed by atoms with van der Waals surface area (Å²) >= 11 is 0. The number of carbonyl (C=O) groups excluding carboxylic acids is 1. The number of allylic oxidation sites excluding steroid dienone is 2. The molecule has 0 radical (unpaired) electrons. The first-order valence-electron chi connectivity index (χ1n) is 8.82. The highest BCUT2D eigenvalue weighted by atomic mass is 16.6. The van der Waals surface area contributed by atoms with Crippen LogP contribution < -0.4 is 5.43 Å². The second-order valence-electron chi connectivity index (χ2n) is 6.70.